The molecule has 0 saturated carbocycles. The summed E-state index contributed by atoms with van der Waals surface area (Å²) in [6.45, 7) is 11.4. The number of ketones is 1. The Morgan fingerprint density at radius 1 is 0.981 bits per heavy atom. The fourth-order valence-corrected chi connectivity index (χ4v) is 5.60. The van der Waals surface area contributed by atoms with Gasteiger partial charge >= 0.3 is 17.9 Å². The van der Waals surface area contributed by atoms with Crippen LogP contribution in [-0.4, -0.2) is 84.4 Å². The van der Waals surface area contributed by atoms with Gasteiger partial charge in [0.05, 0.1) is 37.9 Å². The first-order valence-electron chi connectivity index (χ1n) is 17.5. The fourth-order valence-electron chi connectivity index (χ4n) is 5.60. The first kappa shape index (κ1) is 42.1. The molecule has 53 heavy (non-hydrogen) atoms. The van der Waals surface area contributed by atoms with Gasteiger partial charge in [-0.25, -0.2) is 9.59 Å². The van der Waals surface area contributed by atoms with Crippen molar-refractivity contribution in [2.75, 3.05) is 32.7 Å². The van der Waals surface area contributed by atoms with Gasteiger partial charge in [-0.1, -0.05) is 12.6 Å². The van der Waals surface area contributed by atoms with Crippen LogP contribution in [0.15, 0.2) is 49.3 Å². The van der Waals surface area contributed by atoms with Crippen LogP contribution in [0.2, 0.25) is 0 Å². The number of nitrogens with zero attached hydrogens (tertiary/aromatic N) is 2. The summed E-state index contributed by atoms with van der Waals surface area (Å²) in [7, 11) is 3.07. The number of rotatable bonds is 17. The molecule has 2 atom stereocenters. The molecule has 2 aromatic rings. The fraction of sp³-hybridized carbons (Fsp3) is 0.513. The summed E-state index contributed by atoms with van der Waals surface area (Å²) in [4.78, 5) is 82.9. The minimum absolute atomic E-state index is 0.113. The lowest BCUT2D eigenvalue weighted by molar-refractivity contribution is -0.165. The van der Waals surface area contributed by atoms with Crippen LogP contribution in [0.1, 0.15) is 90.4 Å². The molecule has 0 radical (unpaired) electrons. The van der Waals surface area contributed by atoms with E-state index in [-0.39, 0.29) is 38.8 Å². The highest BCUT2D eigenvalue weighted by atomic mass is 16.6. The average Bonchev–Trinajstić information content (AvgIpc) is 3.13. The largest absolute Gasteiger partial charge is 0.493 e. The molecule has 1 aromatic heterocycles. The number of ether oxygens (including phenoxy) is 5. The molecule has 1 saturated heterocycles. The number of Topliss-reactive ketones (excluding diaryl/α,β-unsaturated/α-hetero) is 1. The molecule has 0 aliphatic carbocycles. The summed E-state index contributed by atoms with van der Waals surface area (Å²) < 4.78 is 27.3. The third kappa shape index (κ3) is 12.7. The highest BCUT2D eigenvalue weighted by Gasteiger charge is 2.42. The Balaban J connectivity index is 1.84. The number of carbonyl (C=O) groups is 6. The standard InChI is InChI=1S/C39H51N3O11/c1-9-33(44)51-24-39(5,6)35(46)36(47)42-19-11-10-12-28(42)37(48)52-29(15-13-25-14-16-30(49-7)31(20-25)50-8)26-21-27(23-40-22-26)41-32(43)17-18-34(45)53-38(2,3)4/h9,14,16,20-23,28-29H,1,10-13,15,17-19,24H2,2-8H3,(H,41,43). The van der Waals surface area contributed by atoms with Gasteiger partial charge in [0.1, 0.15) is 24.4 Å². The molecule has 2 amide bonds. The van der Waals surface area contributed by atoms with E-state index in [0.29, 0.717) is 42.0 Å². The Morgan fingerprint density at radius 2 is 1.70 bits per heavy atom. The highest BCUT2D eigenvalue weighted by Crippen LogP contribution is 2.32. The molecule has 0 bridgehead atoms. The van der Waals surface area contributed by atoms with Crippen molar-refractivity contribution < 1.29 is 52.5 Å². The van der Waals surface area contributed by atoms with Crippen LogP contribution >= 0.6 is 0 Å². The van der Waals surface area contributed by atoms with Crippen molar-refractivity contribution in [3.63, 3.8) is 0 Å². The lowest BCUT2D eigenvalue weighted by atomic mass is 9.87. The third-order valence-electron chi connectivity index (χ3n) is 8.38. The number of esters is 3. The lowest BCUT2D eigenvalue weighted by Crippen LogP contribution is -2.53. The normalized spacial score (nSPS) is 15.0. The van der Waals surface area contributed by atoms with Gasteiger partial charge in [-0.2, -0.15) is 0 Å². The van der Waals surface area contributed by atoms with Gasteiger partial charge in [0.15, 0.2) is 11.5 Å². The van der Waals surface area contributed by atoms with Crippen molar-refractivity contribution >= 4 is 41.2 Å². The van der Waals surface area contributed by atoms with Crippen molar-refractivity contribution in [1.29, 1.82) is 0 Å². The Morgan fingerprint density at radius 3 is 2.36 bits per heavy atom. The van der Waals surface area contributed by atoms with E-state index in [2.05, 4.69) is 16.9 Å². The molecule has 14 heteroatoms. The van der Waals surface area contributed by atoms with Crippen LogP contribution in [0.25, 0.3) is 0 Å². The van der Waals surface area contributed by atoms with E-state index in [9.17, 15) is 28.8 Å². The molecule has 1 aliphatic heterocycles. The van der Waals surface area contributed by atoms with E-state index < -0.39 is 58.7 Å². The van der Waals surface area contributed by atoms with E-state index in [0.717, 1.165) is 11.6 Å². The monoisotopic (exact) mass is 737 g/mol. The summed E-state index contributed by atoms with van der Waals surface area (Å²) >= 11 is 0. The Kier molecular flexibility index (Phi) is 15.1. The van der Waals surface area contributed by atoms with Gasteiger partial charge in [0, 0.05) is 30.8 Å². The van der Waals surface area contributed by atoms with Gasteiger partial charge < -0.3 is 33.9 Å². The topological polar surface area (TPSA) is 177 Å². The summed E-state index contributed by atoms with van der Waals surface area (Å²) in [5, 5.41) is 2.74. The SMILES string of the molecule is C=CC(=O)OCC(C)(C)C(=O)C(=O)N1CCCCC1C(=O)OC(CCc1ccc(OC)c(OC)c1)c1cncc(NC(=O)CCC(=O)OC(C)(C)C)c1. The molecule has 0 spiro atoms. The number of hydrogen-bond acceptors (Lipinski definition) is 12. The van der Waals surface area contributed by atoms with Crippen LogP contribution in [0.3, 0.4) is 0 Å². The Labute approximate surface area is 310 Å². The second-order valence-corrected chi connectivity index (χ2v) is 14.3. The maximum absolute atomic E-state index is 14.0. The second kappa shape index (κ2) is 19.0. The number of anilines is 1. The highest BCUT2D eigenvalue weighted by molar-refractivity contribution is 6.38. The molecule has 2 heterocycles. The summed E-state index contributed by atoms with van der Waals surface area (Å²) in [5.74, 6) is -2.96. The zero-order valence-electron chi connectivity index (χ0n) is 31.7. The quantitative estimate of drug-likeness (QED) is 0.0988. The van der Waals surface area contributed by atoms with E-state index in [1.165, 1.54) is 45.4 Å². The van der Waals surface area contributed by atoms with Crippen molar-refractivity contribution in [2.45, 2.75) is 97.3 Å². The molecule has 2 unspecified atom stereocenters. The van der Waals surface area contributed by atoms with Gasteiger partial charge in [0.2, 0.25) is 11.7 Å². The minimum atomic E-state index is -1.35. The number of piperidine rings is 1. The van der Waals surface area contributed by atoms with E-state index >= 15 is 0 Å². The summed E-state index contributed by atoms with van der Waals surface area (Å²) in [6.07, 6.45) is 4.99. The smallest absolute Gasteiger partial charge is 0.330 e. The number of carbonyl (C=O) groups excluding carboxylic acids is 6. The molecule has 14 nitrogen and oxygen atoms in total. The van der Waals surface area contributed by atoms with Gasteiger partial charge in [-0.05, 0) is 90.5 Å². The maximum Gasteiger partial charge on any atom is 0.330 e. The van der Waals surface area contributed by atoms with Gasteiger partial charge in [-0.3, -0.25) is 24.2 Å². The Bertz CT molecular complexity index is 1660. The molecule has 3 rings (SSSR count). The zero-order chi connectivity index (χ0) is 39.3. The van der Waals surface area contributed by atoms with Crippen LogP contribution in [-0.2, 0) is 49.4 Å². The number of pyridine rings is 1. The third-order valence-corrected chi connectivity index (χ3v) is 8.38. The molecular formula is C39H51N3O11. The number of likely N-dealkylation sites (tertiary alicyclic amines) is 1. The van der Waals surface area contributed by atoms with Crippen molar-refractivity contribution in [2.24, 2.45) is 5.41 Å². The lowest BCUT2D eigenvalue weighted by Gasteiger charge is -2.36. The second-order valence-electron chi connectivity index (χ2n) is 14.3. The van der Waals surface area contributed by atoms with E-state index in [1.54, 1.807) is 32.9 Å². The number of amides is 2. The molecule has 1 fully saturated rings. The number of aryl methyl sites for hydroxylation is 1. The van der Waals surface area contributed by atoms with Crippen molar-refractivity contribution in [1.82, 2.24) is 9.88 Å². The first-order chi connectivity index (χ1) is 25.0. The van der Waals surface area contributed by atoms with E-state index in [1.807, 2.05) is 12.1 Å². The Hall–Kier alpha value is -5.27. The predicted molar refractivity (Wildman–Crippen MR) is 194 cm³/mol. The van der Waals surface area contributed by atoms with Crippen LogP contribution in [0, 0.1) is 5.41 Å². The minimum Gasteiger partial charge on any atom is -0.493 e. The summed E-state index contributed by atoms with van der Waals surface area (Å²) in [5.41, 5.74) is -0.372. The number of nitrogens with one attached hydrogen (secondary N) is 1. The van der Waals surface area contributed by atoms with Crippen LogP contribution < -0.4 is 14.8 Å². The molecule has 1 aromatic carbocycles. The average molecular weight is 738 g/mol. The van der Waals surface area contributed by atoms with Crippen molar-refractivity contribution in [3.05, 3.63) is 60.4 Å². The predicted octanol–water partition coefficient (Wildman–Crippen LogP) is 5.08. The van der Waals surface area contributed by atoms with Crippen LogP contribution in [0.5, 0.6) is 11.5 Å². The number of aromatic nitrogens is 1. The zero-order valence-corrected chi connectivity index (χ0v) is 31.7. The number of methoxy groups -OCH3 is 2. The number of benzene rings is 1. The van der Waals surface area contributed by atoms with E-state index in [4.69, 9.17) is 23.7 Å². The summed E-state index contributed by atoms with van der Waals surface area (Å²) in [6, 6.07) is 6.04. The first-order valence-corrected chi connectivity index (χ1v) is 17.5. The van der Waals surface area contributed by atoms with Crippen LogP contribution in [0.4, 0.5) is 5.69 Å². The van der Waals surface area contributed by atoms with Crippen molar-refractivity contribution in [3.8, 4) is 11.5 Å². The maximum atomic E-state index is 14.0. The molecule has 1 aliphatic rings. The van der Waals surface area contributed by atoms with Gasteiger partial charge in [0.25, 0.3) is 5.91 Å². The number of hydrogen-bond donors (Lipinski definition) is 1. The van der Waals surface area contributed by atoms with Gasteiger partial charge in [-0.15, -0.1) is 0 Å². The molecular weight excluding hydrogens is 686 g/mol. The molecule has 1 N–H and O–H groups in total. The molecule has 288 valence electrons.